The topological polar surface area (TPSA) is 189 Å². The van der Waals surface area contributed by atoms with E-state index < -0.39 is 31.9 Å². The Morgan fingerprint density at radius 3 is 1.36 bits per heavy atom. The fourth-order valence-electron chi connectivity index (χ4n) is 3.41. The van der Waals surface area contributed by atoms with Crippen molar-refractivity contribution in [1.82, 2.24) is 15.0 Å². The first kappa shape index (κ1) is 28.8. The van der Waals surface area contributed by atoms with E-state index in [4.69, 9.17) is 0 Å². The van der Waals surface area contributed by atoms with Gasteiger partial charge in [-0.2, -0.15) is 0 Å². The molecule has 214 valence electrons. The minimum absolute atomic E-state index is 0.0195. The van der Waals surface area contributed by atoms with E-state index in [9.17, 15) is 26.4 Å². The number of thiazole rings is 2. The molecule has 0 saturated carbocycles. The summed E-state index contributed by atoms with van der Waals surface area (Å²) in [7, 11) is -7.70. The summed E-state index contributed by atoms with van der Waals surface area (Å²) in [5, 5.41) is 8.95. The first-order valence-electron chi connectivity index (χ1n) is 11.7. The van der Waals surface area contributed by atoms with Gasteiger partial charge in [-0.05, 0) is 60.7 Å². The number of rotatable bonds is 10. The van der Waals surface area contributed by atoms with E-state index in [0.29, 0.717) is 11.4 Å². The number of nitrogens with zero attached hydrogens (tertiary/aromatic N) is 3. The molecule has 0 aliphatic heterocycles. The summed E-state index contributed by atoms with van der Waals surface area (Å²) < 4.78 is 54.7. The van der Waals surface area contributed by atoms with Crippen LogP contribution >= 0.6 is 22.7 Å². The van der Waals surface area contributed by atoms with E-state index in [0.717, 1.165) is 22.7 Å². The molecule has 0 bridgehead atoms. The van der Waals surface area contributed by atoms with Gasteiger partial charge in [0.1, 0.15) is 11.4 Å². The Morgan fingerprint density at radius 1 is 0.595 bits per heavy atom. The number of nitrogens with one attached hydrogen (secondary N) is 4. The van der Waals surface area contributed by atoms with Crippen molar-refractivity contribution >= 4 is 76.2 Å². The third-order valence-corrected chi connectivity index (χ3v) is 9.71. The van der Waals surface area contributed by atoms with Crippen LogP contribution in [0.2, 0.25) is 0 Å². The highest BCUT2D eigenvalue weighted by Crippen LogP contribution is 2.21. The number of carbonyl (C=O) groups is 2. The van der Waals surface area contributed by atoms with Crippen LogP contribution in [0, 0.1) is 0 Å². The first-order valence-corrected chi connectivity index (χ1v) is 16.5. The summed E-state index contributed by atoms with van der Waals surface area (Å²) >= 11 is 2.28. The van der Waals surface area contributed by atoms with Gasteiger partial charge in [-0.3, -0.25) is 19.0 Å². The molecule has 13 nitrogen and oxygen atoms in total. The molecule has 2 aromatic carbocycles. The molecule has 0 saturated heterocycles. The molecule has 3 aromatic heterocycles. The number of aromatic nitrogens is 3. The lowest BCUT2D eigenvalue weighted by Gasteiger charge is -2.09. The predicted octanol–water partition coefficient (Wildman–Crippen LogP) is 4.10. The highest BCUT2D eigenvalue weighted by molar-refractivity contribution is 7.93. The second-order valence-electron chi connectivity index (χ2n) is 8.25. The average Bonchev–Trinajstić information content (AvgIpc) is 3.68. The molecule has 0 aliphatic carbocycles. The highest BCUT2D eigenvalue weighted by Gasteiger charge is 2.18. The second-order valence-corrected chi connectivity index (χ2v) is 13.4. The Morgan fingerprint density at radius 2 is 1.00 bits per heavy atom. The van der Waals surface area contributed by atoms with Gasteiger partial charge in [0, 0.05) is 34.5 Å². The molecule has 0 radical (unpaired) electrons. The molecule has 4 N–H and O–H groups in total. The maximum atomic E-state index is 12.8. The normalized spacial score (nSPS) is 11.4. The SMILES string of the molecule is O=C(Nc1ccc(S(=O)(=O)Nc2nccs2)cc1)c1cccc(C(=O)Nc2ccc(S(=O)(=O)Nc3nccs3)cc2)n1. The number of benzene rings is 2. The van der Waals surface area contributed by atoms with Crippen LogP contribution in [0.25, 0.3) is 0 Å². The molecule has 0 fully saturated rings. The van der Waals surface area contributed by atoms with Crippen molar-refractivity contribution < 1.29 is 26.4 Å². The van der Waals surface area contributed by atoms with Gasteiger partial charge >= 0.3 is 0 Å². The minimum atomic E-state index is -3.85. The minimum Gasteiger partial charge on any atom is -0.321 e. The maximum absolute atomic E-state index is 12.8. The fourth-order valence-corrected chi connectivity index (χ4v) is 6.99. The molecule has 17 heteroatoms. The largest absolute Gasteiger partial charge is 0.321 e. The Kier molecular flexibility index (Phi) is 8.25. The van der Waals surface area contributed by atoms with Crippen LogP contribution < -0.4 is 20.1 Å². The summed E-state index contributed by atoms with van der Waals surface area (Å²) in [5.41, 5.74) is 0.507. The molecule has 0 unspecified atom stereocenters. The van der Waals surface area contributed by atoms with Gasteiger partial charge in [-0.25, -0.2) is 31.8 Å². The quantitative estimate of drug-likeness (QED) is 0.174. The van der Waals surface area contributed by atoms with E-state index in [1.165, 1.54) is 79.1 Å². The van der Waals surface area contributed by atoms with Gasteiger partial charge in [-0.1, -0.05) is 6.07 Å². The molecular formula is C25H19N7O6S4. The Bertz CT molecular complexity index is 1790. The Hall–Kier alpha value is -4.71. The third-order valence-electron chi connectivity index (χ3n) is 5.37. The highest BCUT2D eigenvalue weighted by atomic mass is 32.2. The summed E-state index contributed by atoms with van der Waals surface area (Å²) in [6.45, 7) is 0. The van der Waals surface area contributed by atoms with E-state index in [1.54, 1.807) is 10.8 Å². The molecular weight excluding hydrogens is 623 g/mol. The van der Waals surface area contributed by atoms with Crippen LogP contribution in [0.5, 0.6) is 0 Å². The van der Waals surface area contributed by atoms with E-state index in [-0.39, 0.29) is 31.4 Å². The van der Waals surface area contributed by atoms with E-state index in [2.05, 4.69) is 35.0 Å². The van der Waals surface area contributed by atoms with Gasteiger partial charge in [0.25, 0.3) is 31.9 Å². The maximum Gasteiger partial charge on any atom is 0.274 e. The summed E-state index contributed by atoms with van der Waals surface area (Å²) in [6.07, 6.45) is 2.95. The lowest BCUT2D eigenvalue weighted by Crippen LogP contribution is -2.19. The van der Waals surface area contributed by atoms with Gasteiger partial charge in [-0.15, -0.1) is 22.7 Å². The van der Waals surface area contributed by atoms with Gasteiger partial charge < -0.3 is 10.6 Å². The van der Waals surface area contributed by atoms with Crippen molar-refractivity contribution in [3.05, 3.63) is 101 Å². The lowest BCUT2D eigenvalue weighted by molar-refractivity contribution is 0.101. The average molecular weight is 642 g/mol. The molecule has 3 heterocycles. The zero-order chi connectivity index (χ0) is 29.7. The van der Waals surface area contributed by atoms with Crippen LogP contribution in [0.1, 0.15) is 21.0 Å². The van der Waals surface area contributed by atoms with Crippen molar-refractivity contribution in [2.75, 3.05) is 20.1 Å². The number of hydrogen-bond acceptors (Lipinski definition) is 11. The second kappa shape index (κ2) is 12.0. The van der Waals surface area contributed by atoms with Crippen molar-refractivity contribution in [3.63, 3.8) is 0 Å². The summed E-state index contributed by atoms with van der Waals surface area (Å²) in [5.74, 6) is -1.24. The molecule has 0 atom stereocenters. The Labute approximate surface area is 247 Å². The number of sulfonamides is 2. The fraction of sp³-hybridized carbons (Fsp3) is 0. The molecule has 5 aromatic rings. The van der Waals surface area contributed by atoms with E-state index >= 15 is 0 Å². The summed E-state index contributed by atoms with van der Waals surface area (Å²) in [6, 6.07) is 15.3. The number of amides is 2. The lowest BCUT2D eigenvalue weighted by atomic mass is 10.2. The predicted molar refractivity (Wildman–Crippen MR) is 159 cm³/mol. The van der Waals surface area contributed by atoms with Crippen LogP contribution in [-0.2, 0) is 20.0 Å². The molecule has 42 heavy (non-hydrogen) atoms. The van der Waals surface area contributed by atoms with Crippen molar-refractivity contribution in [3.8, 4) is 0 Å². The van der Waals surface area contributed by atoms with Gasteiger partial charge in [0.05, 0.1) is 9.79 Å². The molecule has 0 aliphatic rings. The summed E-state index contributed by atoms with van der Waals surface area (Å²) in [4.78, 5) is 37.4. The molecule has 0 spiro atoms. The smallest absolute Gasteiger partial charge is 0.274 e. The number of hydrogen-bond donors (Lipinski definition) is 4. The molecule has 5 rings (SSSR count). The zero-order valence-electron chi connectivity index (χ0n) is 21.1. The number of carbonyl (C=O) groups excluding carboxylic acids is 2. The standard InChI is InChI=1S/C25H19N7O6S4/c33-22(28-16-4-8-18(9-5-16)41(35,36)31-24-26-12-14-39-24)20-2-1-3-21(30-20)23(34)29-17-6-10-19(11-7-17)42(37,38)32-25-27-13-15-40-25/h1-15H,(H,26,31)(H,27,32)(H,28,33)(H,29,34). The first-order chi connectivity index (χ1) is 20.1. The number of anilines is 4. The zero-order valence-corrected chi connectivity index (χ0v) is 24.4. The third kappa shape index (κ3) is 6.95. The van der Waals surface area contributed by atoms with Gasteiger partial charge in [0.2, 0.25) is 0 Å². The number of pyridine rings is 1. The van der Waals surface area contributed by atoms with Crippen molar-refractivity contribution in [2.24, 2.45) is 0 Å². The van der Waals surface area contributed by atoms with E-state index in [1.807, 2.05) is 0 Å². The van der Waals surface area contributed by atoms with Crippen molar-refractivity contribution in [1.29, 1.82) is 0 Å². The molecule has 2 amide bonds. The van der Waals surface area contributed by atoms with Crippen LogP contribution in [0.4, 0.5) is 21.6 Å². The van der Waals surface area contributed by atoms with Crippen LogP contribution in [-0.4, -0.2) is 43.6 Å². The monoisotopic (exact) mass is 641 g/mol. The van der Waals surface area contributed by atoms with Crippen LogP contribution in [0.3, 0.4) is 0 Å². The van der Waals surface area contributed by atoms with Crippen LogP contribution in [0.15, 0.2) is 99.7 Å². The van der Waals surface area contributed by atoms with Gasteiger partial charge in [0.15, 0.2) is 10.3 Å². The Balaban J connectivity index is 1.21. The van der Waals surface area contributed by atoms with Crippen molar-refractivity contribution in [2.45, 2.75) is 9.79 Å².